The summed E-state index contributed by atoms with van der Waals surface area (Å²) in [7, 11) is 4.96. The molecular formula is CH2Si3+. The zero-order valence-electron chi connectivity index (χ0n) is 2.21. The van der Waals surface area contributed by atoms with Gasteiger partial charge in [0.2, 0.25) is 0 Å². The summed E-state index contributed by atoms with van der Waals surface area (Å²) in [5, 5.41) is 0. The van der Waals surface area contributed by atoms with E-state index in [0.717, 1.165) is 17.2 Å². The van der Waals surface area contributed by atoms with Crippen LogP contribution in [-0.4, -0.2) is 33.1 Å². The van der Waals surface area contributed by atoms with E-state index in [1.165, 1.54) is 0 Å². The van der Waals surface area contributed by atoms with Crippen LogP contribution in [0, 0.1) is 0 Å². The fourth-order valence-electron chi connectivity index (χ4n) is 0. The molecule has 0 aliphatic carbocycles. The molecule has 0 atom stereocenters. The predicted molar refractivity (Wildman–Crippen MR) is 24.4 cm³/mol. The average molecular weight is 98.3 g/mol. The highest BCUT2D eigenvalue weighted by Crippen LogP contribution is 1.14. The lowest BCUT2D eigenvalue weighted by Crippen LogP contribution is -1.88. The van der Waals surface area contributed by atoms with E-state index in [4.69, 9.17) is 0 Å². The van der Waals surface area contributed by atoms with Crippen molar-refractivity contribution in [3.63, 3.8) is 0 Å². The number of rotatable bonds is 1. The van der Waals surface area contributed by atoms with E-state index < -0.39 is 0 Å². The van der Waals surface area contributed by atoms with Crippen molar-refractivity contribution in [2.75, 3.05) is 0 Å². The van der Waals surface area contributed by atoms with Crippen LogP contribution in [0.4, 0.5) is 0 Å². The normalized spacial score (nSPS) is 5.25. The van der Waals surface area contributed by atoms with Gasteiger partial charge in [-0.1, -0.05) is 6.17 Å². The summed E-state index contributed by atoms with van der Waals surface area (Å²) in [6, 6.07) is 0. The molecule has 0 saturated heterocycles. The average Bonchev–Trinajstić information content (AvgIpc) is 1.37. The largest absolute Gasteiger partial charge is 0.388 e. The number of hydrogen-bond acceptors (Lipinski definition) is 0. The first-order valence-corrected chi connectivity index (χ1v) is 5.56. The molecule has 0 aromatic heterocycles. The zero-order valence-corrected chi connectivity index (χ0v) is 5.21. The van der Waals surface area contributed by atoms with Crippen molar-refractivity contribution in [3.05, 3.63) is 0 Å². The maximum absolute atomic E-state index is 3.60. The third kappa shape index (κ3) is 2.52. The van der Waals surface area contributed by atoms with Crippen LogP contribution in [0.15, 0.2) is 0 Å². The Morgan fingerprint density at radius 1 is 2.00 bits per heavy atom. The highest BCUT2D eigenvalue weighted by atomic mass is 29.5. The van der Waals surface area contributed by atoms with Gasteiger partial charge in [0.1, 0.15) is 0 Å². The Kier molecular flexibility index (Phi) is 3.98. The Bertz CT molecular complexity index is 17.2. The molecule has 0 fully saturated rings. The van der Waals surface area contributed by atoms with Gasteiger partial charge in [-0.3, -0.25) is 0 Å². The highest BCUT2D eigenvalue weighted by Gasteiger charge is 1.83. The van der Waals surface area contributed by atoms with Gasteiger partial charge in [-0.2, -0.15) is 0 Å². The Hall–Kier alpha value is 0.521. The van der Waals surface area contributed by atoms with Crippen molar-refractivity contribution in [2.45, 2.75) is 0 Å². The molecule has 0 heterocycles. The van der Waals surface area contributed by atoms with Gasteiger partial charge in [0, 0.05) is 0 Å². The third-order valence-electron chi connectivity index (χ3n) is 0.0884. The maximum Gasteiger partial charge on any atom is 0.388 e. The minimum absolute atomic E-state index is 0.832. The van der Waals surface area contributed by atoms with Crippen LogP contribution < -0.4 is 0 Å². The Labute approximate surface area is 33.9 Å². The first-order valence-electron chi connectivity index (χ1n) is 0.854. The Morgan fingerprint density at radius 2 is 2.25 bits per heavy atom. The Morgan fingerprint density at radius 3 is 2.25 bits per heavy atom. The molecule has 0 unspecified atom stereocenters. The van der Waals surface area contributed by atoms with Crippen LogP contribution in [0.5, 0.6) is 0 Å². The van der Waals surface area contributed by atoms with Gasteiger partial charge in [0.25, 0.3) is 8.65 Å². The van der Waals surface area contributed by atoms with Crippen molar-refractivity contribution in [1.82, 2.24) is 0 Å². The number of hydrogen-bond donors (Lipinski definition) is 0. The van der Waals surface area contributed by atoms with Crippen molar-refractivity contribution in [3.8, 4) is 0 Å². The summed E-state index contributed by atoms with van der Waals surface area (Å²) in [6.45, 7) is 0. The smallest absolute Gasteiger partial charge is 0.0839 e. The molecule has 0 saturated carbocycles. The van der Waals surface area contributed by atoms with Crippen LogP contribution >= 0.6 is 0 Å². The van der Waals surface area contributed by atoms with Gasteiger partial charge in [0.15, 0.2) is 0 Å². The standard InChI is InChI=1S/CH2Si3/c1-3-4-2/h1H2/q+1. The first-order chi connectivity index (χ1) is 1.91. The van der Waals surface area contributed by atoms with E-state index in [9.17, 15) is 0 Å². The van der Waals surface area contributed by atoms with Crippen molar-refractivity contribution >= 4 is 33.1 Å². The molecule has 0 rings (SSSR count). The van der Waals surface area contributed by atoms with Crippen LogP contribution in [0.1, 0.15) is 0 Å². The molecule has 0 bridgehead atoms. The zero-order chi connectivity index (χ0) is 3.41. The molecule has 5 radical (unpaired) electrons. The molecule has 17 valence electrons. The van der Waals surface area contributed by atoms with Gasteiger partial charge >= 0.3 is 18.3 Å². The molecule has 3 heteroatoms. The maximum atomic E-state index is 3.60. The van der Waals surface area contributed by atoms with Gasteiger partial charge < -0.3 is 0 Å². The third-order valence-corrected chi connectivity index (χ3v) is 2.39. The van der Waals surface area contributed by atoms with E-state index in [1.807, 2.05) is 0 Å². The molecule has 0 amide bonds. The van der Waals surface area contributed by atoms with Crippen LogP contribution in [0.2, 0.25) is 0 Å². The van der Waals surface area contributed by atoms with Gasteiger partial charge in [-0.15, -0.1) is 0 Å². The highest BCUT2D eigenvalue weighted by molar-refractivity contribution is 7.23. The fraction of sp³-hybridized carbons (Fsp3) is 0. The van der Waals surface area contributed by atoms with Crippen molar-refractivity contribution < 1.29 is 0 Å². The summed E-state index contributed by atoms with van der Waals surface area (Å²) in [6.07, 6.45) is 3.60. The molecular weight excluding hydrogens is 96.3 g/mol. The summed E-state index contributed by atoms with van der Waals surface area (Å²) in [5.41, 5.74) is 0. The second-order valence-electron chi connectivity index (χ2n) is 0.302. The lowest BCUT2D eigenvalue weighted by Gasteiger charge is -1.22. The predicted octanol–water partition coefficient (Wildman–Crippen LogP) is -1.17. The van der Waals surface area contributed by atoms with E-state index in [2.05, 4.69) is 15.9 Å². The van der Waals surface area contributed by atoms with Crippen molar-refractivity contribution in [1.29, 1.82) is 0 Å². The molecule has 0 N–H and O–H groups in total. The van der Waals surface area contributed by atoms with Gasteiger partial charge in [-0.25, -0.2) is 0 Å². The van der Waals surface area contributed by atoms with E-state index in [0.29, 0.717) is 0 Å². The molecule has 0 aliphatic heterocycles. The van der Waals surface area contributed by atoms with Crippen LogP contribution in [-0.2, 0) is 0 Å². The van der Waals surface area contributed by atoms with Crippen LogP contribution in [0.25, 0.3) is 0 Å². The molecule has 0 aromatic rings. The lowest BCUT2D eigenvalue weighted by atomic mass is 12.0. The Balaban J connectivity index is 2.30. The van der Waals surface area contributed by atoms with Crippen LogP contribution in [0.3, 0.4) is 0 Å². The molecule has 0 spiro atoms. The molecule has 0 aromatic carbocycles. The summed E-state index contributed by atoms with van der Waals surface area (Å²) < 4.78 is 0. The van der Waals surface area contributed by atoms with Gasteiger partial charge in [-0.05, 0) is 0 Å². The quantitative estimate of drug-likeness (QED) is 0.362. The lowest BCUT2D eigenvalue weighted by molar-refractivity contribution is 4.15. The monoisotopic (exact) mass is 97.9 g/mol. The van der Waals surface area contributed by atoms with E-state index in [-0.39, 0.29) is 0 Å². The first kappa shape index (κ1) is 4.52. The van der Waals surface area contributed by atoms with Gasteiger partial charge in [0.05, 0.1) is 0 Å². The molecule has 0 nitrogen and oxygen atoms in total. The van der Waals surface area contributed by atoms with E-state index in [1.54, 1.807) is 0 Å². The molecule has 4 heavy (non-hydrogen) atoms. The summed E-state index contributed by atoms with van der Waals surface area (Å²) in [5.74, 6) is 0. The second kappa shape index (κ2) is 3.52. The topological polar surface area (TPSA) is 0 Å². The summed E-state index contributed by atoms with van der Waals surface area (Å²) >= 11 is 0. The van der Waals surface area contributed by atoms with E-state index >= 15 is 0 Å². The summed E-state index contributed by atoms with van der Waals surface area (Å²) in [4.78, 5) is 0. The second-order valence-corrected chi connectivity index (χ2v) is 4.97. The fourth-order valence-corrected chi connectivity index (χ4v) is 0. The SMILES string of the molecule is C=[Si][Si+][Si]. The minimum atomic E-state index is 0.832. The molecule has 0 aliphatic rings. The van der Waals surface area contributed by atoms with Crippen molar-refractivity contribution in [2.24, 2.45) is 0 Å². The minimum Gasteiger partial charge on any atom is -0.0839 e.